The summed E-state index contributed by atoms with van der Waals surface area (Å²) in [5, 5.41) is 13.0. The van der Waals surface area contributed by atoms with Gasteiger partial charge in [-0.3, -0.25) is 9.59 Å². The number of aliphatic hydroxyl groups excluding tert-OH is 1. The minimum absolute atomic E-state index is 0.0898. The number of ketones is 1. The fourth-order valence-electron chi connectivity index (χ4n) is 3.32. The maximum absolute atomic E-state index is 12.9. The summed E-state index contributed by atoms with van der Waals surface area (Å²) >= 11 is 1.45. The Morgan fingerprint density at radius 3 is 2.61 bits per heavy atom. The van der Waals surface area contributed by atoms with Crippen molar-refractivity contribution in [1.29, 1.82) is 0 Å². The van der Waals surface area contributed by atoms with E-state index in [1.54, 1.807) is 23.1 Å². The molecule has 148 valence electrons. The zero-order valence-electron chi connectivity index (χ0n) is 16.1. The van der Waals surface area contributed by atoms with Gasteiger partial charge in [0.2, 0.25) is 0 Å². The lowest BCUT2D eigenvalue weighted by atomic mass is 9.99. The summed E-state index contributed by atoms with van der Waals surface area (Å²) in [6.07, 6.45) is 1.67. The molecule has 2 heterocycles. The van der Waals surface area contributed by atoms with E-state index in [1.807, 2.05) is 24.4 Å². The number of carbonyl (C=O) groups is 2. The number of unbranched alkanes of at least 4 members (excludes halogenated alkanes) is 1. The molecule has 1 atom stereocenters. The van der Waals surface area contributed by atoms with Crippen LogP contribution in [-0.4, -0.2) is 42.5 Å². The maximum Gasteiger partial charge on any atom is 0.295 e. The summed E-state index contributed by atoms with van der Waals surface area (Å²) in [6, 6.07) is 8.07. The quantitative estimate of drug-likeness (QED) is 0.431. The molecule has 7 heteroatoms. The Bertz CT molecular complexity index is 904. The highest BCUT2D eigenvalue weighted by Gasteiger charge is 2.46. The summed E-state index contributed by atoms with van der Waals surface area (Å²) in [6.45, 7) is 2.49. The Labute approximate surface area is 168 Å². The molecule has 1 saturated heterocycles. The first-order valence-corrected chi connectivity index (χ1v) is 9.95. The Balaban J connectivity index is 2.16. The number of carbonyl (C=O) groups excluding carboxylic acids is 2. The number of rotatable bonds is 7. The van der Waals surface area contributed by atoms with Crippen molar-refractivity contribution in [2.24, 2.45) is 0 Å². The van der Waals surface area contributed by atoms with E-state index in [2.05, 4.69) is 0 Å². The van der Waals surface area contributed by atoms with Gasteiger partial charge in [0.25, 0.3) is 11.7 Å². The normalized spacial score (nSPS) is 18.5. The molecule has 1 aromatic carbocycles. The van der Waals surface area contributed by atoms with Crippen LogP contribution < -0.4 is 9.47 Å². The van der Waals surface area contributed by atoms with Crippen molar-refractivity contribution in [1.82, 2.24) is 4.90 Å². The first kappa shape index (κ1) is 19.9. The second-order valence-electron chi connectivity index (χ2n) is 6.43. The highest BCUT2D eigenvalue weighted by atomic mass is 32.1. The van der Waals surface area contributed by atoms with Crippen molar-refractivity contribution in [3.8, 4) is 11.5 Å². The SMILES string of the molecule is CCCCN1C(=O)C(=O)/C(=C(\O)c2ccc(OC)cc2OC)C1c1cccs1. The number of nitrogens with zero attached hydrogens (tertiary/aromatic N) is 1. The highest BCUT2D eigenvalue weighted by molar-refractivity contribution is 7.10. The van der Waals surface area contributed by atoms with Crippen LogP contribution in [0.15, 0.2) is 41.3 Å². The van der Waals surface area contributed by atoms with E-state index < -0.39 is 17.7 Å². The average molecular weight is 401 g/mol. The number of methoxy groups -OCH3 is 2. The van der Waals surface area contributed by atoms with Gasteiger partial charge in [0.05, 0.1) is 31.4 Å². The number of aliphatic hydroxyl groups is 1. The van der Waals surface area contributed by atoms with Crippen molar-refractivity contribution in [2.75, 3.05) is 20.8 Å². The van der Waals surface area contributed by atoms with Crippen LogP contribution in [0.25, 0.3) is 5.76 Å². The number of Topliss-reactive ketones (excluding diaryl/α,β-unsaturated/α-hetero) is 1. The Morgan fingerprint density at radius 1 is 1.21 bits per heavy atom. The van der Waals surface area contributed by atoms with Crippen LogP contribution in [0.1, 0.15) is 36.2 Å². The molecule has 6 nitrogen and oxygen atoms in total. The molecule has 1 aromatic heterocycles. The van der Waals surface area contributed by atoms with E-state index in [9.17, 15) is 14.7 Å². The number of hydrogen-bond acceptors (Lipinski definition) is 6. The monoisotopic (exact) mass is 401 g/mol. The third kappa shape index (κ3) is 3.49. The van der Waals surface area contributed by atoms with Gasteiger partial charge >= 0.3 is 0 Å². The molecule has 28 heavy (non-hydrogen) atoms. The molecule has 0 bridgehead atoms. The van der Waals surface area contributed by atoms with Crippen molar-refractivity contribution < 1.29 is 24.2 Å². The van der Waals surface area contributed by atoms with E-state index in [4.69, 9.17) is 9.47 Å². The van der Waals surface area contributed by atoms with Gasteiger partial charge < -0.3 is 19.5 Å². The summed E-state index contributed by atoms with van der Waals surface area (Å²) in [5.41, 5.74) is 0.436. The smallest absolute Gasteiger partial charge is 0.295 e. The van der Waals surface area contributed by atoms with Gasteiger partial charge in [-0.05, 0) is 30.0 Å². The van der Waals surface area contributed by atoms with Crippen molar-refractivity contribution in [3.63, 3.8) is 0 Å². The zero-order chi connectivity index (χ0) is 20.3. The van der Waals surface area contributed by atoms with Crippen molar-refractivity contribution in [2.45, 2.75) is 25.8 Å². The minimum atomic E-state index is -0.676. The maximum atomic E-state index is 12.9. The second kappa shape index (κ2) is 8.48. The number of benzene rings is 1. The van der Waals surface area contributed by atoms with Crippen LogP contribution in [0.4, 0.5) is 0 Å². The van der Waals surface area contributed by atoms with Gasteiger partial charge in [-0.25, -0.2) is 0 Å². The van der Waals surface area contributed by atoms with Gasteiger partial charge in [0.1, 0.15) is 17.3 Å². The molecule has 1 aliphatic rings. The molecule has 1 amide bonds. The van der Waals surface area contributed by atoms with E-state index in [-0.39, 0.29) is 11.3 Å². The van der Waals surface area contributed by atoms with E-state index in [1.165, 1.54) is 25.6 Å². The second-order valence-corrected chi connectivity index (χ2v) is 7.41. The first-order chi connectivity index (χ1) is 13.5. The van der Waals surface area contributed by atoms with Gasteiger partial charge in [-0.1, -0.05) is 19.4 Å². The van der Waals surface area contributed by atoms with Crippen LogP contribution in [-0.2, 0) is 9.59 Å². The number of likely N-dealkylation sites (tertiary alicyclic amines) is 1. The molecular weight excluding hydrogens is 378 g/mol. The molecule has 0 radical (unpaired) electrons. The van der Waals surface area contributed by atoms with E-state index >= 15 is 0 Å². The third-order valence-electron chi connectivity index (χ3n) is 4.77. The van der Waals surface area contributed by atoms with E-state index in [0.29, 0.717) is 23.6 Å². The molecule has 1 unspecified atom stereocenters. The number of hydrogen-bond donors (Lipinski definition) is 1. The summed E-state index contributed by atoms with van der Waals surface area (Å²) in [5.74, 6) is -0.575. The molecule has 1 aliphatic heterocycles. The van der Waals surface area contributed by atoms with Gasteiger partial charge in [-0.2, -0.15) is 0 Å². The lowest BCUT2D eigenvalue weighted by molar-refractivity contribution is -0.139. The van der Waals surface area contributed by atoms with Crippen LogP contribution in [0.3, 0.4) is 0 Å². The molecule has 0 saturated carbocycles. The Kier molecular flexibility index (Phi) is 6.04. The molecule has 0 spiro atoms. The average Bonchev–Trinajstić information content (AvgIpc) is 3.33. The lowest BCUT2D eigenvalue weighted by Crippen LogP contribution is -2.30. The topological polar surface area (TPSA) is 76.1 Å². The third-order valence-corrected chi connectivity index (χ3v) is 5.69. The fourth-order valence-corrected chi connectivity index (χ4v) is 4.17. The van der Waals surface area contributed by atoms with Crippen LogP contribution >= 0.6 is 11.3 Å². The molecule has 1 N–H and O–H groups in total. The summed E-state index contributed by atoms with van der Waals surface area (Å²) < 4.78 is 10.6. The predicted molar refractivity (Wildman–Crippen MR) is 108 cm³/mol. The summed E-state index contributed by atoms with van der Waals surface area (Å²) in [7, 11) is 3.01. The van der Waals surface area contributed by atoms with Crippen molar-refractivity contribution >= 4 is 28.8 Å². The van der Waals surface area contributed by atoms with Gasteiger partial charge in [0, 0.05) is 17.5 Å². The molecule has 1 fully saturated rings. The van der Waals surface area contributed by atoms with Crippen LogP contribution in [0.2, 0.25) is 0 Å². The Hall–Kier alpha value is -2.80. The van der Waals surface area contributed by atoms with Crippen molar-refractivity contribution in [3.05, 3.63) is 51.7 Å². The minimum Gasteiger partial charge on any atom is -0.507 e. The van der Waals surface area contributed by atoms with Crippen LogP contribution in [0, 0.1) is 0 Å². The summed E-state index contributed by atoms with van der Waals surface area (Å²) in [4.78, 5) is 27.9. The van der Waals surface area contributed by atoms with Crippen LogP contribution in [0.5, 0.6) is 11.5 Å². The molecule has 0 aliphatic carbocycles. The highest BCUT2D eigenvalue weighted by Crippen LogP contribution is 2.42. The molecule has 3 rings (SSSR count). The zero-order valence-corrected chi connectivity index (χ0v) is 16.9. The molecule has 2 aromatic rings. The number of amides is 1. The van der Waals surface area contributed by atoms with E-state index in [0.717, 1.165) is 17.7 Å². The fraction of sp³-hybridized carbons (Fsp3) is 0.333. The Morgan fingerprint density at radius 2 is 2.00 bits per heavy atom. The lowest BCUT2D eigenvalue weighted by Gasteiger charge is -2.24. The number of thiophene rings is 1. The predicted octanol–water partition coefficient (Wildman–Crippen LogP) is 3.99. The first-order valence-electron chi connectivity index (χ1n) is 9.07. The van der Waals surface area contributed by atoms with Gasteiger partial charge in [0.15, 0.2) is 0 Å². The van der Waals surface area contributed by atoms with Gasteiger partial charge in [-0.15, -0.1) is 11.3 Å². The largest absolute Gasteiger partial charge is 0.507 e. The molecular formula is C21H23NO5S. The standard InChI is InChI=1S/C21H23NO5S/c1-4-5-10-22-18(16-7-6-11-28-16)17(20(24)21(22)25)19(23)14-9-8-13(26-2)12-15(14)27-3/h6-9,11-12,18,23H,4-5,10H2,1-3H3/b19-17-. The number of ether oxygens (including phenoxy) is 2.